The van der Waals surface area contributed by atoms with Crippen LogP contribution in [0.4, 0.5) is 4.39 Å². The summed E-state index contributed by atoms with van der Waals surface area (Å²) in [6, 6.07) is 6.88. The van der Waals surface area contributed by atoms with E-state index in [9.17, 15) is 14.0 Å². The Balaban J connectivity index is 1.82. The molecule has 1 aromatic heterocycles. The van der Waals surface area contributed by atoms with Crippen molar-refractivity contribution >= 4 is 11.9 Å². The Labute approximate surface area is 144 Å². The largest absolute Gasteiger partial charge is 0.464 e. The van der Waals surface area contributed by atoms with Crippen molar-refractivity contribution in [1.29, 1.82) is 0 Å². The van der Waals surface area contributed by atoms with Gasteiger partial charge in [-0.15, -0.1) is 0 Å². The lowest BCUT2D eigenvalue weighted by Crippen LogP contribution is -2.48. The Morgan fingerprint density at radius 2 is 2.16 bits per heavy atom. The van der Waals surface area contributed by atoms with E-state index in [0.717, 1.165) is 12.8 Å². The van der Waals surface area contributed by atoms with Gasteiger partial charge in [0.1, 0.15) is 11.9 Å². The molecule has 1 aliphatic heterocycles. The normalized spacial score (nSPS) is 17.4. The second-order valence-electron chi connectivity index (χ2n) is 5.82. The molecule has 132 valence electrons. The van der Waals surface area contributed by atoms with Gasteiger partial charge in [0, 0.05) is 12.6 Å². The van der Waals surface area contributed by atoms with Gasteiger partial charge in [-0.3, -0.25) is 4.79 Å². The minimum absolute atomic E-state index is 0.0504. The Morgan fingerprint density at radius 3 is 2.92 bits per heavy atom. The van der Waals surface area contributed by atoms with Gasteiger partial charge in [-0.05, 0) is 38.3 Å². The molecule has 3 rings (SSSR count). The van der Waals surface area contributed by atoms with Gasteiger partial charge < -0.3 is 14.2 Å². The van der Waals surface area contributed by atoms with E-state index in [-0.39, 0.29) is 23.6 Å². The van der Waals surface area contributed by atoms with Gasteiger partial charge in [0.25, 0.3) is 5.91 Å². The van der Waals surface area contributed by atoms with Crippen molar-refractivity contribution in [1.82, 2.24) is 10.1 Å². The SMILES string of the molecule is CCOC(=O)[C@H]1CCCCN1C(=O)c1cc(-c2ccccc2F)on1. The summed E-state index contributed by atoms with van der Waals surface area (Å²) in [4.78, 5) is 26.3. The molecule has 2 heterocycles. The predicted octanol–water partition coefficient (Wildman–Crippen LogP) is 3.04. The Bertz CT molecular complexity index is 774. The van der Waals surface area contributed by atoms with Crippen molar-refractivity contribution in [2.24, 2.45) is 0 Å². The quantitative estimate of drug-likeness (QED) is 0.796. The van der Waals surface area contributed by atoms with E-state index < -0.39 is 23.7 Å². The zero-order chi connectivity index (χ0) is 17.8. The lowest BCUT2D eigenvalue weighted by Gasteiger charge is -2.33. The zero-order valence-electron chi connectivity index (χ0n) is 13.9. The van der Waals surface area contributed by atoms with E-state index >= 15 is 0 Å². The fourth-order valence-corrected chi connectivity index (χ4v) is 2.97. The summed E-state index contributed by atoms with van der Waals surface area (Å²) >= 11 is 0. The van der Waals surface area contributed by atoms with Crippen molar-refractivity contribution in [3.05, 3.63) is 41.8 Å². The maximum atomic E-state index is 13.8. The van der Waals surface area contributed by atoms with Crippen LogP contribution in [0.1, 0.15) is 36.7 Å². The number of hydrogen-bond acceptors (Lipinski definition) is 5. The second kappa shape index (κ2) is 7.46. The van der Waals surface area contributed by atoms with Crippen molar-refractivity contribution in [3.63, 3.8) is 0 Å². The molecule has 1 atom stereocenters. The Kier molecular flexibility index (Phi) is 5.11. The highest BCUT2D eigenvalue weighted by Crippen LogP contribution is 2.25. The van der Waals surface area contributed by atoms with E-state index in [1.807, 2.05) is 0 Å². The summed E-state index contributed by atoms with van der Waals surface area (Å²) in [5.41, 5.74) is 0.282. The van der Waals surface area contributed by atoms with Gasteiger partial charge in [0.2, 0.25) is 0 Å². The first-order chi connectivity index (χ1) is 12.1. The lowest BCUT2D eigenvalue weighted by molar-refractivity contribution is -0.149. The van der Waals surface area contributed by atoms with Gasteiger partial charge >= 0.3 is 5.97 Å². The molecule has 7 heteroatoms. The van der Waals surface area contributed by atoms with Crippen LogP contribution >= 0.6 is 0 Å². The third-order valence-electron chi connectivity index (χ3n) is 4.19. The number of hydrogen-bond donors (Lipinski definition) is 0. The second-order valence-corrected chi connectivity index (χ2v) is 5.82. The smallest absolute Gasteiger partial charge is 0.328 e. The van der Waals surface area contributed by atoms with Crippen LogP contribution in [0.5, 0.6) is 0 Å². The molecule has 1 saturated heterocycles. The van der Waals surface area contributed by atoms with Crippen LogP contribution < -0.4 is 0 Å². The molecule has 25 heavy (non-hydrogen) atoms. The lowest BCUT2D eigenvalue weighted by atomic mass is 10.0. The predicted molar refractivity (Wildman–Crippen MR) is 87.2 cm³/mol. The summed E-state index contributed by atoms with van der Waals surface area (Å²) in [7, 11) is 0. The molecule has 0 unspecified atom stereocenters. The van der Waals surface area contributed by atoms with Gasteiger partial charge in [0.15, 0.2) is 11.5 Å². The molecule has 1 aliphatic rings. The van der Waals surface area contributed by atoms with E-state index in [2.05, 4.69) is 5.16 Å². The number of piperidine rings is 1. The molecule has 0 N–H and O–H groups in total. The number of rotatable bonds is 4. The number of nitrogens with zero attached hydrogens (tertiary/aromatic N) is 2. The monoisotopic (exact) mass is 346 g/mol. The number of carbonyl (C=O) groups is 2. The third kappa shape index (κ3) is 3.55. The molecule has 0 aliphatic carbocycles. The van der Waals surface area contributed by atoms with Crippen LogP contribution in [0.3, 0.4) is 0 Å². The van der Waals surface area contributed by atoms with Crippen LogP contribution in [-0.2, 0) is 9.53 Å². The number of benzene rings is 1. The highest BCUT2D eigenvalue weighted by Gasteiger charge is 2.35. The molecule has 0 saturated carbocycles. The highest BCUT2D eigenvalue weighted by molar-refractivity contribution is 5.96. The van der Waals surface area contributed by atoms with Gasteiger partial charge in [-0.25, -0.2) is 9.18 Å². The molecule has 0 spiro atoms. The number of amides is 1. The first kappa shape index (κ1) is 17.1. The van der Waals surface area contributed by atoms with E-state index in [4.69, 9.17) is 9.26 Å². The molecular formula is C18H19FN2O4. The number of ether oxygens (including phenoxy) is 1. The van der Waals surface area contributed by atoms with E-state index in [0.29, 0.717) is 13.0 Å². The molecular weight excluding hydrogens is 327 g/mol. The maximum absolute atomic E-state index is 13.8. The minimum atomic E-state index is -0.616. The number of likely N-dealkylation sites (tertiary alicyclic amines) is 1. The van der Waals surface area contributed by atoms with Crippen molar-refractivity contribution < 1.29 is 23.2 Å². The molecule has 2 aromatic rings. The molecule has 0 bridgehead atoms. The summed E-state index contributed by atoms with van der Waals surface area (Å²) < 4.78 is 24.0. The van der Waals surface area contributed by atoms with E-state index in [1.54, 1.807) is 25.1 Å². The van der Waals surface area contributed by atoms with E-state index in [1.165, 1.54) is 17.0 Å². The molecule has 6 nitrogen and oxygen atoms in total. The number of carbonyl (C=O) groups excluding carboxylic acids is 2. The van der Waals surface area contributed by atoms with Crippen LogP contribution in [0, 0.1) is 5.82 Å². The van der Waals surface area contributed by atoms with Crippen LogP contribution in [0.25, 0.3) is 11.3 Å². The van der Waals surface area contributed by atoms with Crippen molar-refractivity contribution in [3.8, 4) is 11.3 Å². The fraction of sp³-hybridized carbons (Fsp3) is 0.389. The summed E-state index contributed by atoms with van der Waals surface area (Å²) in [6.07, 6.45) is 2.22. The van der Waals surface area contributed by atoms with Gasteiger partial charge in [-0.1, -0.05) is 17.3 Å². The number of aromatic nitrogens is 1. The Morgan fingerprint density at radius 1 is 1.36 bits per heavy atom. The number of halogens is 1. The minimum Gasteiger partial charge on any atom is -0.464 e. The third-order valence-corrected chi connectivity index (χ3v) is 4.19. The van der Waals surface area contributed by atoms with Gasteiger partial charge in [-0.2, -0.15) is 0 Å². The van der Waals surface area contributed by atoms with Crippen LogP contribution in [0.15, 0.2) is 34.9 Å². The van der Waals surface area contributed by atoms with Crippen LogP contribution in [0.2, 0.25) is 0 Å². The molecule has 1 aromatic carbocycles. The first-order valence-electron chi connectivity index (χ1n) is 8.31. The molecule has 0 radical (unpaired) electrons. The molecule has 1 fully saturated rings. The fourth-order valence-electron chi connectivity index (χ4n) is 2.97. The maximum Gasteiger partial charge on any atom is 0.328 e. The summed E-state index contributed by atoms with van der Waals surface area (Å²) in [5.74, 6) is -1.11. The van der Waals surface area contributed by atoms with Crippen LogP contribution in [-0.4, -0.2) is 41.1 Å². The zero-order valence-corrected chi connectivity index (χ0v) is 13.9. The highest BCUT2D eigenvalue weighted by atomic mass is 19.1. The summed E-state index contributed by atoms with van der Waals surface area (Å²) in [6.45, 7) is 2.44. The standard InChI is InChI=1S/C18H19FN2O4/c1-2-24-18(23)15-9-5-6-10-21(15)17(22)14-11-16(25-20-14)12-7-3-4-8-13(12)19/h3-4,7-8,11,15H,2,5-6,9-10H2,1H3/t15-/m1/s1. The Hall–Kier alpha value is -2.70. The van der Waals surface area contributed by atoms with Crippen molar-refractivity contribution in [2.75, 3.05) is 13.2 Å². The number of esters is 1. The average molecular weight is 346 g/mol. The topological polar surface area (TPSA) is 72.6 Å². The summed E-state index contributed by atoms with van der Waals surface area (Å²) in [5, 5.41) is 3.76. The van der Waals surface area contributed by atoms with Gasteiger partial charge in [0.05, 0.1) is 12.2 Å². The first-order valence-corrected chi connectivity index (χ1v) is 8.31. The molecule has 1 amide bonds. The van der Waals surface area contributed by atoms with Crippen molar-refractivity contribution in [2.45, 2.75) is 32.2 Å². The average Bonchev–Trinajstić information content (AvgIpc) is 3.11.